The van der Waals surface area contributed by atoms with Crippen LogP contribution in [0.3, 0.4) is 0 Å². The lowest BCUT2D eigenvalue weighted by molar-refractivity contribution is 0.795. The molecule has 0 bridgehead atoms. The lowest BCUT2D eigenvalue weighted by Gasteiger charge is -2.20. The lowest BCUT2D eigenvalue weighted by Crippen LogP contribution is -2.29. The van der Waals surface area contributed by atoms with E-state index in [4.69, 9.17) is 11.6 Å². The van der Waals surface area contributed by atoms with E-state index < -0.39 is 0 Å². The minimum Gasteiger partial charge on any atom is -0.323 e. The largest absolute Gasteiger partial charge is 0.323 e. The van der Waals surface area contributed by atoms with E-state index in [1.807, 2.05) is 24.4 Å². The highest BCUT2D eigenvalue weighted by molar-refractivity contribution is 6.29. The summed E-state index contributed by atoms with van der Waals surface area (Å²) in [5, 5.41) is 0.496. The molecule has 0 saturated carbocycles. The second-order valence-electron chi connectivity index (χ2n) is 4.49. The summed E-state index contributed by atoms with van der Waals surface area (Å²) in [6, 6.07) is 7.94. The Morgan fingerprint density at radius 1 is 1.26 bits per heavy atom. The van der Waals surface area contributed by atoms with Gasteiger partial charge in [-0.25, -0.2) is 4.98 Å². The number of anilines is 1. The topological polar surface area (TPSA) is 41.4 Å². The first-order valence-corrected chi connectivity index (χ1v) is 6.49. The molecule has 0 radical (unpaired) electrons. The number of amidine groups is 1. The maximum Gasteiger partial charge on any atom is 0.137 e. The van der Waals surface area contributed by atoms with Crippen LogP contribution in [0.1, 0.15) is 12.5 Å². The predicted molar refractivity (Wildman–Crippen MR) is 76.8 cm³/mol. The average Bonchev–Trinajstić information content (AvgIpc) is 2.83. The van der Waals surface area contributed by atoms with Crippen molar-refractivity contribution in [3.8, 4) is 0 Å². The second-order valence-corrected chi connectivity index (χ2v) is 4.88. The molecule has 3 rings (SSSR count). The zero-order valence-electron chi connectivity index (χ0n) is 10.5. The van der Waals surface area contributed by atoms with E-state index in [0.717, 1.165) is 23.6 Å². The molecule has 0 saturated heterocycles. The summed E-state index contributed by atoms with van der Waals surface area (Å²) < 4.78 is 0. The number of rotatable bonds is 2. The molecular formula is C14H13ClN4. The molecule has 96 valence electrons. The van der Waals surface area contributed by atoms with Gasteiger partial charge in [0.05, 0.1) is 17.9 Å². The Kier molecular flexibility index (Phi) is 3.17. The maximum absolute atomic E-state index is 5.83. The number of hydrogen-bond donors (Lipinski definition) is 0. The van der Waals surface area contributed by atoms with Crippen LogP contribution in [0.15, 0.2) is 47.8 Å². The number of halogens is 1. The molecule has 0 fully saturated rings. The minimum absolute atomic E-state index is 0.255. The monoisotopic (exact) mass is 272 g/mol. The van der Waals surface area contributed by atoms with Crippen LogP contribution in [-0.2, 0) is 0 Å². The lowest BCUT2D eigenvalue weighted by atomic mass is 10.2. The van der Waals surface area contributed by atoms with Crippen molar-refractivity contribution in [3.63, 3.8) is 0 Å². The van der Waals surface area contributed by atoms with Gasteiger partial charge in [-0.3, -0.25) is 9.98 Å². The van der Waals surface area contributed by atoms with Gasteiger partial charge in [0.2, 0.25) is 0 Å². The Morgan fingerprint density at radius 3 is 2.84 bits per heavy atom. The van der Waals surface area contributed by atoms with Crippen molar-refractivity contribution in [3.05, 3.63) is 53.6 Å². The molecule has 1 aliphatic rings. The van der Waals surface area contributed by atoms with Gasteiger partial charge >= 0.3 is 0 Å². The molecule has 2 aromatic heterocycles. The van der Waals surface area contributed by atoms with E-state index >= 15 is 0 Å². The third-order valence-electron chi connectivity index (χ3n) is 2.99. The molecule has 1 aliphatic heterocycles. The quantitative estimate of drug-likeness (QED) is 0.790. The third-order valence-corrected chi connectivity index (χ3v) is 3.21. The van der Waals surface area contributed by atoms with Crippen molar-refractivity contribution in [2.75, 3.05) is 11.4 Å². The van der Waals surface area contributed by atoms with Crippen LogP contribution in [-0.4, -0.2) is 28.4 Å². The molecule has 0 spiro atoms. The molecule has 5 heteroatoms. The van der Waals surface area contributed by atoms with Gasteiger partial charge in [0.25, 0.3) is 0 Å². The summed E-state index contributed by atoms with van der Waals surface area (Å²) in [7, 11) is 0. The van der Waals surface area contributed by atoms with Crippen molar-refractivity contribution in [1.29, 1.82) is 0 Å². The third kappa shape index (κ3) is 2.44. The number of hydrogen-bond acceptors (Lipinski definition) is 4. The molecular weight excluding hydrogens is 260 g/mol. The van der Waals surface area contributed by atoms with Gasteiger partial charge in [0.15, 0.2) is 0 Å². The molecule has 0 aliphatic carbocycles. The van der Waals surface area contributed by atoms with Crippen LogP contribution >= 0.6 is 11.6 Å². The summed E-state index contributed by atoms with van der Waals surface area (Å²) in [4.78, 5) is 15.1. The molecule has 3 heterocycles. The second kappa shape index (κ2) is 4.97. The Balaban J connectivity index is 1.98. The number of nitrogens with zero attached hydrogens (tertiary/aromatic N) is 4. The fourth-order valence-corrected chi connectivity index (χ4v) is 2.26. The summed E-state index contributed by atoms with van der Waals surface area (Å²) in [5.74, 6) is 0.935. The minimum atomic E-state index is 0.255. The van der Waals surface area contributed by atoms with E-state index in [0.29, 0.717) is 5.15 Å². The molecule has 0 aromatic carbocycles. The molecule has 1 unspecified atom stereocenters. The van der Waals surface area contributed by atoms with E-state index in [1.165, 1.54) is 0 Å². The van der Waals surface area contributed by atoms with Gasteiger partial charge in [-0.15, -0.1) is 0 Å². The van der Waals surface area contributed by atoms with Crippen LogP contribution in [0.2, 0.25) is 5.15 Å². The summed E-state index contributed by atoms with van der Waals surface area (Å²) in [6.45, 7) is 2.94. The van der Waals surface area contributed by atoms with Gasteiger partial charge < -0.3 is 4.90 Å². The zero-order chi connectivity index (χ0) is 13.2. The first kappa shape index (κ1) is 12.1. The first-order valence-electron chi connectivity index (χ1n) is 6.11. The van der Waals surface area contributed by atoms with E-state index in [2.05, 4.69) is 26.8 Å². The highest BCUT2D eigenvalue weighted by atomic mass is 35.5. The predicted octanol–water partition coefficient (Wildman–Crippen LogP) is 2.79. The SMILES string of the molecule is CC1CN(c2ccc(Cl)nc2)C(c2cccnc2)=N1. The van der Waals surface area contributed by atoms with Gasteiger partial charge in [0.1, 0.15) is 11.0 Å². The van der Waals surface area contributed by atoms with Crippen molar-refractivity contribution >= 4 is 23.1 Å². The number of aromatic nitrogens is 2. The van der Waals surface area contributed by atoms with Gasteiger partial charge in [-0.05, 0) is 31.2 Å². The number of pyridine rings is 2. The number of aliphatic imine (C=N–C) groups is 1. The molecule has 0 amide bonds. The van der Waals surface area contributed by atoms with Crippen LogP contribution in [0.5, 0.6) is 0 Å². The average molecular weight is 273 g/mol. The maximum atomic E-state index is 5.83. The van der Waals surface area contributed by atoms with Crippen molar-refractivity contribution < 1.29 is 0 Å². The van der Waals surface area contributed by atoms with E-state index in [1.54, 1.807) is 18.5 Å². The molecule has 4 nitrogen and oxygen atoms in total. The van der Waals surface area contributed by atoms with Gasteiger partial charge in [0, 0.05) is 24.5 Å². The first-order chi connectivity index (χ1) is 9.24. The Labute approximate surface area is 116 Å². The van der Waals surface area contributed by atoms with Crippen LogP contribution < -0.4 is 4.90 Å². The zero-order valence-corrected chi connectivity index (χ0v) is 11.2. The van der Waals surface area contributed by atoms with Crippen LogP contribution in [0.25, 0.3) is 0 Å². The molecule has 1 atom stereocenters. The van der Waals surface area contributed by atoms with Gasteiger partial charge in [-0.2, -0.15) is 0 Å². The summed E-state index contributed by atoms with van der Waals surface area (Å²) in [6.07, 6.45) is 5.36. The Hall–Kier alpha value is -1.94. The van der Waals surface area contributed by atoms with Gasteiger partial charge in [-0.1, -0.05) is 11.6 Å². The molecule has 2 aromatic rings. The Bertz CT molecular complexity index is 595. The fourth-order valence-electron chi connectivity index (χ4n) is 2.15. The summed E-state index contributed by atoms with van der Waals surface area (Å²) in [5.41, 5.74) is 2.01. The van der Waals surface area contributed by atoms with Crippen LogP contribution in [0.4, 0.5) is 5.69 Å². The highest BCUT2D eigenvalue weighted by Gasteiger charge is 2.24. The van der Waals surface area contributed by atoms with E-state index in [-0.39, 0.29) is 6.04 Å². The van der Waals surface area contributed by atoms with Crippen molar-refractivity contribution in [2.45, 2.75) is 13.0 Å². The molecule has 19 heavy (non-hydrogen) atoms. The molecule has 0 N–H and O–H groups in total. The van der Waals surface area contributed by atoms with E-state index in [9.17, 15) is 0 Å². The summed E-state index contributed by atoms with van der Waals surface area (Å²) >= 11 is 5.83. The highest BCUT2D eigenvalue weighted by Crippen LogP contribution is 2.23. The van der Waals surface area contributed by atoms with Crippen molar-refractivity contribution in [2.24, 2.45) is 4.99 Å². The van der Waals surface area contributed by atoms with Crippen LogP contribution in [0, 0.1) is 0 Å². The standard InChI is InChI=1S/C14H13ClN4/c1-10-9-19(12-4-5-13(15)17-8-12)14(18-10)11-3-2-6-16-7-11/h2-8,10H,9H2,1H3. The Morgan fingerprint density at radius 2 is 2.16 bits per heavy atom. The fraction of sp³-hybridized carbons (Fsp3) is 0.214. The van der Waals surface area contributed by atoms with Crippen molar-refractivity contribution in [1.82, 2.24) is 9.97 Å². The normalized spacial score (nSPS) is 18.5. The smallest absolute Gasteiger partial charge is 0.137 e.